The van der Waals surface area contributed by atoms with Crippen LogP contribution in [-0.4, -0.2) is 12.1 Å². The average Bonchev–Trinajstić information content (AvgIpc) is 2.66. The first-order valence-corrected chi connectivity index (χ1v) is 8.90. The first-order valence-electron chi connectivity index (χ1n) is 8.90. The van der Waals surface area contributed by atoms with Crippen molar-refractivity contribution in [1.82, 2.24) is 0 Å². The summed E-state index contributed by atoms with van der Waals surface area (Å²) < 4.78 is 16.4. The van der Waals surface area contributed by atoms with Gasteiger partial charge in [-0.2, -0.15) is 0 Å². The van der Waals surface area contributed by atoms with E-state index in [1.54, 1.807) is 12.1 Å². The average molecular weight is 366 g/mol. The van der Waals surface area contributed by atoms with Crippen LogP contribution in [0.5, 0.6) is 5.75 Å². The maximum atomic E-state index is 12.4. The van der Waals surface area contributed by atoms with Gasteiger partial charge in [0.05, 0.1) is 0 Å². The van der Waals surface area contributed by atoms with Crippen LogP contribution in [0.2, 0.25) is 0 Å². The molecule has 1 aromatic heterocycles. The molecule has 3 aromatic rings. The molecule has 3 rings (SSSR count). The minimum absolute atomic E-state index is 0.0158. The van der Waals surface area contributed by atoms with E-state index in [0.29, 0.717) is 23.3 Å². The molecule has 0 spiro atoms. The highest BCUT2D eigenvalue weighted by molar-refractivity contribution is 5.82. The summed E-state index contributed by atoms with van der Waals surface area (Å²) in [7, 11) is 0. The van der Waals surface area contributed by atoms with E-state index >= 15 is 0 Å². The summed E-state index contributed by atoms with van der Waals surface area (Å²) in [6, 6.07) is 14.3. The Hall–Kier alpha value is -3.08. The number of para-hydroxylation sites is 1. The summed E-state index contributed by atoms with van der Waals surface area (Å²) in [5.41, 5.74) is 2.74. The van der Waals surface area contributed by atoms with Gasteiger partial charge in [0, 0.05) is 17.0 Å². The largest absolute Gasteiger partial charge is 0.479 e. The van der Waals surface area contributed by atoms with Crippen LogP contribution < -0.4 is 10.4 Å². The molecule has 1 heterocycles. The van der Waals surface area contributed by atoms with Crippen molar-refractivity contribution >= 4 is 16.9 Å². The van der Waals surface area contributed by atoms with Crippen molar-refractivity contribution in [3.8, 4) is 5.75 Å². The van der Waals surface area contributed by atoms with Gasteiger partial charge < -0.3 is 13.9 Å². The Morgan fingerprint density at radius 3 is 2.48 bits per heavy atom. The summed E-state index contributed by atoms with van der Waals surface area (Å²) >= 11 is 0. The van der Waals surface area contributed by atoms with Crippen molar-refractivity contribution in [3.63, 3.8) is 0 Å². The predicted molar refractivity (Wildman–Crippen MR) is 103 cm³/mol. The fourth-order valence-electron chi connectivity index (χ4n) is 2.81. The zero-order valence-corrected chi connectivity index (χ0v) is 15.7. The lowest BCUT2D eigenvalue weighted by molar-refractivity contribution is -0.153. The van der Waals surface area contributed by atoms with Gasteiger partial charge in [-0.05, 0) is 55.7 Å². The number of benzene rings is 2. The molecule has 0 saturated carbocycles. The Labute approximate surface area is 157 Å². The second-order valence-corrected chi connectivity index (χ2v) is 6.46. The fourth-order valence-corrected chi connectivity index (χ4v) is 2.81. The highest BCUT2D eigenvalue weighted by atomic mass is 16.6. The third kappa shape index (κ3) is 4.37. The molecule has 0 radical (unpaired) electrons. The lowest BCUT2D eigenvalue weighted by Gasteiger charge is -2.17. The van der Waals surface area contributed by atoms with Crippen molar-refractivity contribution in [2.24, 2.45) is 0 Å². The minimum Gasteiger partial charge on any atom is -0.479 e. The van der Waals surface area contributed by atoms with Gasteiger partial charge in [-0.25, -0.2) is 9.59 Å². The monoisotopic (exact) mass is 366 g/mol. The van der Waals surface area contributed by atoms with E-state index in [1.165, 1.54) is 6.07 Å². The van der Waals surface area contributed by atoms with Crippen molar-refractivity contribution < 1.29 is 18.7 Å². The molecule has 0 N–H and O–H groups in total. The van der Waals surface area contributed by atoms with Crippen molar-refractivity contribution in [2.45, 2.75) is 39.9 Å². The molecular weight excluding hydrogens is 344 g/mol. The van der Waals surface area contributed by atoms with Gasteiger partial charge in [-0.15, -0.1) is 0 Å². The van der Waals surface area contributed by atoms with Gasteiger partial charge in [-0.3, -0.25) is 0 Å². The smallest absolute Gasteiger partial charge is 0.347 e. The third-order valence-electron chi connectivity index (χ3n) is 4.47. The number of carbonyl (C=O) groups excluding carboxylic acids is 1. The Bertz CT molecular complexity index is 1000. The lowest BCUT2D eigenvalue weighted by Crippen LogP contribution is -2.28. The van der Waals surface area contributed by atoms with Crippen LogP contribution in [0.15, 0.2) is 57.7 Å². The van der Waals surface area contributed by atoms with Crippen LogP contribution in [0.4, 0.5) is 0 Å². The van der Waals surface area contributed by atoms with Gasteiger partial charge in [-0.1, -0.05) is 25.1 Å². The van der Waals surface area contributed by atoms with E-state index in [9.17, 15) is 9.59 Å². The Kier molecular flexibility index (Phi) is 5.60. The first kappa shape index (κ1) is 18.7. The number of fused-ring (bicyclic) bond motifs is 1. The normalized spacial score (nSPS) is 12.0. The number of carbonyl (C=O) groups is 1. The molecular formula is C22H22O5. The van der Waals surface area contributed by atoms with E-state index in [0.717, 1.165) is 16.5 Å². The zero-order valence-electron chi connectivity index (χ0n) is 15.7. The van der Waals surface area contributed by atoms with E-state index in [-0.39, 0.29) is 6.61 Å². The van der Waals surface area contributed by atoms with Crippen LogP contribution in [-0.2, 0) is 16.1 Å². The predicted octanol–water partition coefficient (Wildman–Crippen LogP) is 4.31. The molecule has 1 atom stereocenters. The number of hydrogen-bond acceptors (Lipinski definition) is 5. The van der Waals surface area contributed by atoms with Gasteiger partial charge in [0.15, 0.2) is 6.10 Å². The fraction of sp³-hybridized carbons (Fsp3) is 0.273. The Balaban J connectivity index is 1.78. The molecule has 140 valence electrons. The molecule has 2 aromatic carbocycles. The molecule has 5 nitrogen and oxygen atoms in total. The second kappa shape index (κ2) is 8.08. The number of aryl methyl sites for hydroxylation is 2. The standard InChI is InChI=1S/C22H22O5/c1-4-19(26-17-8-6-5-7-9-17)22(24)25-13-16-12-21(23)27-20-11-15(3)14(2)10-18(16)20/h5-12,19H,4,13H2,1-3H3/t19-/m1/s1. The summed E-state index contributed by atoms with van der Waals surface area (Å²) in [6.45, 7) is 5.77. The SMILES string of the molecule is CC[C@@H](Oc1ccccc1)C(=O)OCc1cc(=O)oc2cc(C)c(C)cc12. The molecule has 27 heavy (non-hydrogen) atoms. The molecule has 5 heteroatoms. The number of rotatable bonds is 6. The first-order chi connectivity index (χ1) is 13.0. The van der Waals surface area contributed by atoms with E-state index in [2.05, 4.69) is 0 Å². The zero-order chi connectivity index (χ0) is 19.4. The summed E-state index contributed by atoms with van der Waals surface area (Å²) in [5, 5.41) is 0.766. The quantitative estimate of drug-likeness (QED) is 0.480. The highest BCUT2D eigenvalue weighted by Gasteiger charge is 2.21. The number of esters is 1. The number of ether oxygens (including phenoxy) is 2. The molecule has 0 fully saturated rings. The van der Waals surface area contributed by atoms with Gasteiger partial charge in [0.1, 0.15) is 17.9 Å². The maximum Gasteiger partial charge on any atom is 0.347 e. The molecule has 0 aliphatic rings. The Morgan fingerprint density at radius 1 is 1.07 bits per heavy atom. The summed E-state index contributed by atoms with van der Waals surface area (Å²) in [5.74, 6) is 0.143. The van der Waals surface area contributed by atoms with Crippen LogP contribution >= 0.6 is 0 Å². The van der Waals surface area contributed by atoms with Gasteiger partial charge >= 0.3 is 11.6 Å². The molecule has 0 amide bonds. The van der Waals surface area contributed by atoms with Crippen LogP contribution in [0.3, 0.4) is 0 Å². The summed E-state index contributed by atoms with van der Waals surface area (Å²) in [6.07, 6.45) is -0.230. The Morgan fingerprint density at radius 2 is 1.78 bits per heavy atom. The van der Waals surface area contributed by atoms with Crippen LogP contribution in [0.1, 0.15) is 30.0 Å². The molecule has 0 bridgehead atoms. The van der Waals surface area contributed by atoms with Crippen LogP contribution in [0.25, 0.3) is 11.0 Å². The lowest BCUT2D eigenvalue weighted by atomic mass is 10.0. The number of hydrogen-bond donors (Lipinski definition) is 0. The highest BCUT2D eigenvalue weighted by Crippen LogP contribution is 2.22. The van der Waals surface area contributed by atoms with Crippen molar-refractivity contribution in [3.05, 3.63) is 75.6 Å². The van der Waals surface area contributed by atoms with Crippen molar-refractivity contribution in [2.75, 3.05) is 0 Å². The third-order valence-corrected chi connectivity index (χ3v) is 4.47. The van der Waals surface area contributed by atoms with E-state index in [4.69, 9.17) is 13.9 Å². The minimum atomic E-state index is -0.706. The molecule has 0 aliphatic carbocycles. The maximum absolute atomic E-state index is 12.4. The summed E-state index contributed by atoms with van der Waals surface area (Å²) in [4.78, 5) is 24.3. The second-order valence-electron chi connectivity index (χ2n) is 6.46. The van der Waals surface area contributed by atoms with Crippen LogP contribution in [0, 0.1) is 13.8 Å². The van der Waals surface area contributed by atoms with E-state index < -0.39 is 17.7 Å². The molecule has 0 saturated heterocycles. The molecule has 0 aliphatic heterocycles. The van der Waals surface area contributed by atoms with Gasteiger partial charge in [0.25, 0.3) is 0 Å². The molecule has 0 unspecified atom stereocenters. The van der Waals surface area contributed by atoms with E-state index in [1.807, 2.05) is 51.1 Å². The topological polar surface area (TPSA) is 65.7 Å². The van der Waals surface area contributed by atoms with Crippen molar-refractivity contribution in [1.29, 1.82) is 0 Å². The van der Waals surface area contributed by atoms with Gasteiger partial charge in [0.2, 0.25) is 0 Å².